The fourth-order valence-corrected chi connectivity index (χ4v) is 10.3. The van der Waals surface area contributed by atoms with Gasteiger partial charge >= 0.3 is 0 Å². The summed E-state index contributed by atoms with van der Waals surface area (Å²) in [6.45, 7) is 0. The summed E-state index contributed by atoms with van der Waals surface area (Å²) in [4.78, 5) is 16.4. The van der Waals surface area contributed by atoms with Crippen molar-refractivity contribution in [2.24, 2.45) is 0 Å². The van der Waals surface area contributed by atoms with E-state index in [0.29, 0.717) is 28.6 Å². The molecule has 3 aromatic heterocycles. The Kier molecular flexibility index (Phi) is 7.22. The van der Waals surface area contributed by atoms with E-state index in [-0.39, 0.29) is 0 Å². The van der Waals surface area contributed by atoms with Crippen LogP contribution in [0.4, 0.5) is 0 Å². The van der Waals surface area contributed by atoms with Crippen LogP contribution in [0, 0.1) is 0 Å². The highest BCUT2D eigenvalue weighted by Crippen LogP contribution is 2.53. The molecule has 0 N–H and O–H groups in total. The molecule has 10 aromatic rings. The number of para-hydroxylation sites is 3. The summed E-state index contributed by atoms with van der Waals surface area (Å²) < 4.78 is 9.42. The minimum absolute atomic E-state index is 0.383. The zero-order valence-electron chi connectivity index (χ0n) is 30.6. The topological polar surface area (TPSA) is 56.7 Å². The minimum atomic E-state index is 0.383. The maximum absolute atomic E-state index is 7.00. The Hall–Kier alpha value is -7.02. The average molecular weight is 749 g/mol. The molecule has 2 aliphatic rings. The van der Waals surface area contributed by atoms with Crippen LogP contribution in [-0.2, 0) is 0 Å². The van der Waals surface area contributed by atoms with Gasteiger partial charge in [0.1, 0.15) is 11.2 Å². The zero-order valence-corrected chi connectivity index (χ0v) is 31.4. The van der Waals surface area contributed by atoms with E-state index >= 15 is 0 Å². The van der Waals surface area contributed by atoms with Gasteiger partial charge in [0.25, 0.3) is 0 Å². The van der Waals surface area contributed by atoms with Gasteiger partial charge in [-0.2, -0.15) is 0 Å². The highest BCUT2D eigenvalue weighted by atomic mass is 32.2. The fourth-order valence-electron chi connectivity index (χ4n) is 8.78. The minimum Gasteiger partial charge on any atom is -0.455 e. The highest BCUT2D eigenvalue weighted by molar-refractivity contribution is 8.00. The van der Waals surface area contributed by atoms with Crippen LogP contribution < -0.4 is 0 Å². The van der Waals surface area contributed by atoms with Crippen molar-refractivity contribution in [1.29, 1.82) is 0 Å². The molecular weight excluding hydrogens is 717 g/mol. The average Bonchev–Trinajstić information content (AvgIpc) is 3.96. The molecule has 0 saturated carbocycles. The van der Waals surface area contributed by atoms with Gasteiger partial charge in [0.2, 0.25) is 0 Å². The lowest BCUT2D eigenvalue weighted by atomic mass is 9.91. The largest absolute Gasteiger partial charge is 0.455 e. The summed E-state index contributed by atoms with van der Waals surface area (Å²) in [5.74, 6) is 2.19. The highest BCUT2D eigenvalue weighted by Gasteiger charge is 2.34. The molecule has 0 bridgehead atoms. The lowest BCUT2D eigenvalue weighted by Crippen LogP contribution is -2.06. The van der Waals surface area contributed by atoms with Gasteiger partial charge in [-0.25, -0.2) is 15.0 Å². The molecule has 4 heterocycles. The van der Waals surface area contributed by atoms with E-state index < -0.39 is 0 Å². The molecule has 57 heavy (non-hydrogen) atoms. The summed E-state index contributed by atoms with van der Waals surface area (Å²) in [5, 5.41) is 5.03. The number of benzene rings is 7. The van der Waals surface area contributed by atoms with Crippen molar-refractivity contribution in [3.05, 3.63) is 188 Å². The molecule has 7 aromatic carbocycles. The summed E-state index contributed by atoms with van der Waals surface area (Å²) >= 11 is 1.99. The number of hydrogen-bond acceptors (Lipinski definition) is 5. The van der Waals surface area contributed by atoms with Crippen molar-refractivity contribution in [3.63, 3.8) is 0 Å². The van der Waals surface area contributed by atoms with Crippen molar-refractivity contribution < 1.29 is 4.42 Å². The van der Waals surface area contributed by atoms with E-state index in [4.69, 9.17) is 19.4 Å². The Bertz CT molecular complexity index is 3220. The quantitative estimate of drug-likeness (QED) is 0.175. The molecule has 12 rings (SSSR count). The maximum atomic E-state index is 7.00. The van der Waals surface area contributed by atoms with Crippen LogP contribution in [0.1, 0.15) is 11.5 Å². The molecular formula is C51H32N4OS. The first-order chi connectivity index (χ1) is 28.3. The van der Waals surface area contributed by atoms with E-state index in [0.717, 1.165) is 55.4 Å². The van der Waals surface area contributed by atoms with E-state index in [2.05, 4.69) is 120 Å². The number of furan rings is 1. The second-order valence-corrected chi connectivity index (χ2v) is 15.9. The Balaban J connectivity index is 1.06. The van der Waals surface area contributed by atoms with Gasteiger partial charge in [-0.3, -0.25) is 0 Å². The number of allylic oxidation sites excluding steroid dienone is 3. The van der Waals surface area contributed by atoms with Crippen LogP contribution in [0.2, 0.25) is 0 Å². The van der Waals surface area contributed by atoms with Crippen LogP contribution in [0.15, 0.2) is 191 Å². The summed E-state index contributed by atoms with van der Waals surface area (Å²) in [6.07, 6.45) is 9.08. The van der Waals surface area contributed by atoms with Gasteiger partial charge in [-0.15, -0.1) is 11.8 Å². The number of aromatic nitrogens is 4. The van der Waals surface area contributed by atoms with Crippen molar-refractivity contribution in [2.75, 3.05) is 0 Å². The number of nitrogens with zero attached hydrogens (tertiary/aromatic N) is 4. The lowest BCUT2D eigenvalue weighted by Gasteiger charge is -2.14. The third kappa shape index (κ3) is 5.07. The van der Waals surface area contributed by atoms with Crippen LogP contribution in [-0.4, -0.2) is 24.8 Å². The normalized spacial score (nSPS) is 15.9. The smallest absolute Gasteiger partial charge is 0.167 e. The summed E-state index contributed by atoms with van der Waals surface area (Å²) in [7, 11) is 0. The van der Waals surface area contributed by atoms with Gasteiger partial charge in [0, 0.05) is 60.0 Å². The van der Waals surface area contributed by atoms with Crippen molar-refractivity contribution >= 4 is 55.5 Å². The molecule has 2 atom stereocenters. The van der Waals surface area contributed by atoms with Gasteiger partial charge in [0.05, 0.1) is 16.6 Å². The van der Waals surface area contributed by atoms with E-state index in [1.807, 2.05) is 78.5 Å². The molecule has 2 unspecified atom stereocenters. The number of thioether (sulfide) groups is 1. The Morgan fingerprint density at radius 1 is 0.491 bits per heavy atom. The standard InChI is InChI=1S/C51H32N4OS/c1-4-14-31(15-5-1)49-52-50(32-16-6-2-7-17-32)54-51(53-49)40-24-13-23-38-37-22-12-21-35(46(37)56-47(38)40)33-26-28-42-41(30-33)45-43(55(42)34-18-8-3-9-19-34)29-27-39-36-20-10-11-25-44(36)57-48(39)45/h1-30,36,44H. The Morgan fingerprint density at radius 3 is 1.82 bits per heavy atom. The molecule has 1 aliphatic carbocycles. The second-order valence-electron chi connectivity index (χ2n) is 14.7. The molecule has 1 aliphatic heterocycles. The first kappa shape index (κ1) is 32.2. The van der Waals surface area contributed by atoms with Crippen molar-refractivity contribution in [3.8, 4) is 51.0 Å². The third-order valence-corrected chi connectivity index (χ3v) is 12.8. The fraction of sp³-hybridized carbons (Fsp3) is 0.0392. The maximum Gasteiger partial charge on any atom is 0.167 e. The molecule has 0 spiro atoms. The van der Waals surface area contributed by atoms with Crippen molar-refractivity contribution in [2.45, 2.75) is 16.1 Å². The van der Waals surface area contributed by atoms with Crippen LogP contribution >= 0.6 is 11.8 Å². The molecule has 268 valence electrons. The Labute approximate surface area is 332 Å². The lowest BCUT2D eigenvalue weighted by molar-refractivity contribution is 0.670. The summed E-state index contributed by atoms with van der Waals surface area (Å²) in [6, 6.07) is 55.2. The van der Waals surface area contributed by atoms with Crippen molar-refractivity contribution in [1.82, 2.24) is 19.5 Å². The molecule has 6 heteroatoms. The second kappa shape index (κ2) is 12.8. The van der Waals surface area contributed by atoms with Gasteiger partial charge < -0.3 is 8.98 Å². The zero-order chi connectivity index (χ0) is 37.5. The number of hydrogen-bond donors (Lipinski definition) is 0. The van der Waals surface area contributed by atoms with Crippen LogP contribution in [0.5, 0.6) is 0 Å². The number of rotatable bonds is 5. The molecule has 0 amide bonds. The van der Waals surface area contributed by atoms with Gasteiger partial charge in [0.15, 0.2) is 17.5 Å². The molecule has 5 nitrogen and oxygen atoms in total. The summed E-state index contributed by atoms with van der Waals surface area (Å²) in [5.41, 5.74) is 11.4. The monoisotopic (exact) mass is 748 g/mol. The SMILES string of the molecule is C1=CC2Sc3c(ccc4c3c3cc(-c5cccc6c5oc5c(-c7nc(-c8ccccc8)nc(-c8ccccc8)n7)cccc56)ccc3n4-c3ccccc3)C2C=C1. The van der Waals surface area contributed by atoms with E-state index in [1.54, 1.807) is 0 Å². The van der Waals surface area contributed by atoms with Gasteiger partial charge in [-0.05, 0) is 47.5 Å². The van der Waals surface area contributed by atoms with E-state index in [9.17, 15) is 0 Å². The van der Waals surface area contributed by atoms with E-state index in [1.165, 1.54) is 32.3 Å². The Morgan fingerprint density at radius 2 is 1.11 bits per heavy atom. The predicted octanol–water partition coefficient (Wildman–Crippen LogP) is 13.2. The number of fused-ring (bicyclic) bond motifs is 10. The van der Waals surface area contributed by atoms with Crippen LogP contribution in [0.3, 0.4) is 0 Å². The van der Waals surface area contributed by atoms with Crippen LogP contribution in [0.25, 0.3) is 94.7 Å². The third-order valence-electron chi connectivity index (χ3n) is 11.4. The molecule has 0 radical (unpaired) electrons. The van der Waals surface area contributed by atoms with Gasteiger partial charge in [-0.1, -0.05) is 146 Å². The molecule has 0 fully saturated rings. The first-order valence-corrected chi connectivity index (χ1v) is 20.1. The first-order valence-electron chi connectivity index (χ1n) is 19.3. The molecule has 0 saturated heterocycles. The predicted molar refractivity (Wildman–Crippen MR) is 234 cm³/mol.